The number of allylic oxidation sites excluding steroid dienone is 1. The molecule has 0 radical (unpaired) electrons. The predicted octanol–water partition coefficient (Wildman–Crippen LogP) is 1.98. The van der Waals surface area contributed by atoms with Crippen LogP contribution in [0.3, 0.4) is 0 Å². The molecule has 2 aliphatic carbocycles. The molecule has 0 heterocycles. The molecule has 2 fully saturated rings. The Balaban J connectivity index is 1.53. The third kappa shape index (κ3) is 4.20. The molecule has 5 heteroatoms. The van der Waals surface area contributed by atoms with Gasteiger partial charge in [0.05, 0.1) is 5.70 Å². The van der Waals surface area contributed by atoms with E-state index in [0.717, 1.165) is 18.7 Å². The lowest BCUT2D eigenvalue weighted by atomic mass is 10.1. The fraction of sp³-hybridized carbons (Fsp3) is 0.444. The maximum atomic E-state index is 12.1. The van der Waals surface area contributed by atoms with Crippen molar-refractivity contribution in [1.29, 1.82) is 5.41 Å². The van der Waals surface area contributed by atoms with Gasteiger partial charge in [0.2, 0.25) is 0 Å². The van der Waals surface area contributed by atoms with E-state index in [1.807, 2.05) is 24.3 Å². The van der Waals surface area contributed by atoms with Gasteiger partial charge in [-0.15, -0.1) is 0 Å². The quantitative estimate of drug-likeness (QED) is 0.554. The number of benzene rings is 1. The maximum absolute atomic E-state index is 12.1. The summed E-state index contributed by atoms with van der Waals surface area (Å²) in [6, 6.07) is 8.43. The normalized spacial score (nSPS) is 23.3. The number of rotatable bonds is 8. The zero-order valence-electron chi connectivity index (χ0n) is 13.4. The highest BCUT2D eigenvalue weighted by molar-refractivity contribution is 5.98. The number of amides is 1. The molecule has 0 aliphatic heterocycles. The molecule has 1 amide bonds. The van der Waals surface area contributed by atoms with Crippen molar-refractivity contribution in [2.75, 3.05) is 13.6 Å². The van der Waals surface area contributed by atoms with Crippen LogP contribution in [0.1, 0.15) is 41.1 Å². The molecule has 2 aliphatic rings. The molecule has 0 bridgehead atoms. The smallest absolute Gasteiger partial charge is 0.255 e. The van der Waals surface area contributed by atoms with E-state index in [0.29, 0.717) is 23.2 Å². The molecule has 0 spiro atoms. The van der Waals surface area contributed by atoms with Gasteiger partial charge in [0.25, 0.3) is 5.91 Å². The lowest BCUT2D eigenvalue weighted by Crippen LogP contribution is -2.24. The zero-order valence-corrected chi connectivity index (χ0v) is 13.4. The Hall–Kier alpha value is -2.14. The van der Waals surface area contributed by atoms with Crippen molar-refractivity contribution < 1.29 is 4.79 Å². The second-order valence-electron chi connectivity index (χ2n) is 6.41. The molecule has 23 heavy (non-hydrogen) atoms. The summed E-state index contributed by atoms with van der Waals surface area (Å²) in [4.78, 5) is 12.1. The number of hydrogen-bond acceptors (Lipinski definition) is 4. The Kier molecular flexibility index (Phi) is 4.76. The van der Waals surface area contributed by atoms with Crippen molar-refractivity contribution in [2.45, 2.75) is 31.2 Å². The van der Waals surface area contributed by atoms with Crippen LogP contribution in [0.5, 0.6) is 0 Å². The molecular weight excluding hydrogens is 288 g/mol. The van der Waals surface area contributed by atoms with Gasteiger partial charge in [-0.25, -0.2) is 0 Å². The van der Waals surface area contributed by atoms with Crippen LogP contribution in [-0.2, 0) is 0 Å². The minimum atomic E-state index is -0.194. The van der Waals surface area contributed by atoms with E-state index in [1.165, 1.54) is 24.8 Å². The van der Waals surface area contributed by atoms with Crippen molar-refractivity contribution in [2.24, 2.45) is 5.92 Å². The monoisotopic (exact) mass is 312 g/mol. The first-order valence-electron chi connectivity index (χ1n) is 8.24. The standard InChI is InChI=1S/C18H24N4O/c1-20-11-15(9-19)22-18(23)14-6-4-13(5-7-14)16-8-17(16)21-10-12-2-3-12/h4-7,9,11-12,16-17,19-21H,2-3,8,10H2,1H3,(H,22,23)/b15-11+,19-9?. The highest BCUT2D eigenvalue weighted by Gasteiger charge is 2.38. The highest BCUT2D eigenvalue weighted by atomic mass is 16.1. The summed E-state index contributed by atoms with van der Waals surface area (Å²) in [5.74, 6) is 1.31. The Morgan fingerprint density at radius 1 is 1.30 bits per heavy atom. The van der Waals surface area contributed by atoms with E-state index in [2.05, 4.69) is 16.0 Å². The van der Waals surface area contributed by atoms with Crippen LogP contribution in [0.4, 0.5) is 0 Å². The van der Waals surface area contributed by atoms with Crippen LogP contribution in [0.15, 0.2) is 36.2 Å². The molecule has 1 aromatic carbocycles. The first-order chi connectivity index (χ1) is 11.2. The average molecular weight is 312 g/mol. The molecule has 0 saturated heterocycles. The predicted molar refractivity (Wildman–Crippen MR) is 91.7 cm³/mol. The third-order valence-electron chi connectivity index (χ3n) is 4.47. The first kappa shape index (κ1) is 15.7. The van der Waals surface area contributed by atoms with Crippen molar-refractivity contribution in [3.63, 3.8) is 0 Å². The minimum absolute atomic E-state index is 0.194. The Morgan fingerprint density at radius 2 is 2.04 bits per heavy atom. The van der Waals surface area contributed by atoms with Gasteiger partial charge in [-0.2, -0.15) is 0 Å². The van der Waals surface area contributed by atoms with Crippen molar-refractivity contribution in [3.05, 3.63) is 47.3 Å². The summed E-state index contributed by atoms with van der Waals surface area (Å²) in [7, 11) is 1.73. The van der Waals surface area contributed by atoms with Crippen LogP contribution in [0, 0.1) is 11.3 Å². The van der Waals surface area contributed by atoms with Gasteiger partial charge in [-0.05, 0) is 49.4 Å². The molecule has 0 aromatic heterocycles. The first-order valence-corrected chi connectivity index (χ1v) is 8.24. The largest absolute Gasteiger partial charge is 0.392 e. The highest BCUT2D eigenvalue weighted by Crippen LogP contribution is 2.41. The van der Waals surface area contributed by atoms with Gasteiger partial charge in [-0.1, -0.05) is 12.1 Å². The lowest BCUT2D eigenvalue weighted by Gasteiger charge is -2.07. The number of carbonyl (C=O) groups excluding carboxylic acids is 1. The summed E-state index contributed by atoms with van der Waals surface area (Å²) < 4.78 is 0. The van der Waals surface area contributed by atoms with E-state index in [9.17, 15) is 4.79 Å². The minimum Gasteiger partial charge on any atom is -0.392 e. The molecular formula is C18H24N4O. The Labute approximate surface area is 137 Å². The summed E-state index contributed by atoms with van der Waals surface area (Å²) >= 11 is 0. The van der Waals surface area contributed by atoms with Crippen molar-refractivity contribution >= 4 is 12.1 Å². The summed E-state index contributed by atoms with van der Waals surface area (Å²) in [5.41, 5.74) is 2.35. The summed E-state index contributed by atoms with van der Waals surface area (Å²) in [6.45, 7) is 1.16. The fourth-order valence-corrected chi connectivity index (χ4v) is 2.78. The second-order valence-corrected chi connectivity index (χ2v) is 6.41. The number of nitrogens with one attached hydrogen (secondary N) is 4. The number of carbonyl (C=O) groups is 1. The molecule has 4 N–H and O–H groups in total. The third-order valence-corrected chi connectivity index (χ3v) is 4.47. The van der Waals surface area contributed by atoms with E-state index in [1.54, 1.807) is 13.2 Å². The Bertz CT molecular complexity index is 604. The van der Waals surface area contributed by atoms with Gasteiger partial charge in [-0.3, -0.25) is 4.79 Å². The maximum Gasteiger partial charge on any atom is 0.255 e. The van der Waals surface area contributed by atoms with Gasteiger partial charge in [0.15, 0.2) is 0 Å². The Morgan fingerprint density at radius 3 is 2.65 bits per heavy atom. The molecule has 2 unspecified atom stereocenters. The van der Waals surface area contributed by atoms with Crippen LogP contribution in [0.25, 0.3) is 0 Å². The van der Waals surface area contributed by atoms with Gasteiger partial charge in [0, 0.05) is 37.0 Å². The van der Waals surface area contributed by atoms with Crippen LogP contribution < -0.4 is 16.0 Å². The zero-order chi connectivity index (χ0) is 16.2. The van der Waals surface area contributed by atoms with Crippen molar-refractivity contribution in [3.8, 4) is 0 Å². The van der Waals surface area contributed by atoms with E-state index in [-0.39, 0.29) is 5.91 Å². The van der Waals surface area contributed by atoms with Gasteiger partial charge in [0.1, 0.15) is 0 Å². The van der Waals surface area contributed by atoms with Gasteiger partial charge >= 0.3 is 0 Å². The molecule has 5 nitrogen and oxygen atoms in total. The molecule has 2 saturated carbocycles. The van der Waals surface area contributed by atoms with Crippen molar-refractivity contribution in [1.82, 2.24) is 16.0 Å². The van der Waals surface area contributed by atoms with E-state index < -0.39 is 0 Å². The topological polar surface area (TPSA) is 77.0 Å². The van der Waals surface area contributed by atoms with Crippen LogP contribution >= 0.6 is 0 Å². The van der Waals surface area contributed by atoms with E-state index in [4.69, 9.17) is 5.41 Å². The molecule has 2 atom stereocenters. The second kappa shape index (κ2) is 6.96. The molecule has 3 rings (SSSR count). The van der Waals surface area contributed by atoms with Crippen LogP contribution in [0.2, 0.25) is 0 Å². The SMILES string of the molecule is CN/C=C(\C=N)NC(=O)c1ccc(C2CC2NCC2CC2)cc1. The van der Waals surface area contributed by atoms with Gasteiger partial charge < -0.3 is 21.4 Å². The summed E-state index contributed by atoms with van der Waals surface area (Å²) in [6.07, 6.45) is 6.66. The van der Waals surface area contributed by atoms with Crippen LogP contribution in [-0.4, -0.2) is 31.8 Å². The fourth-order valence-electron chi connectivity index (χ4n) is 2.78. The molecule has 122 valence electrons. The average Bonchev–Trinajstić information content (AvgIpc) is 3.47. The van der Waals surface area contributed by atoms with E-state index >= 15 is 0 Å². The molecule has 1 aromatic rings. The lowest BCUT2D eigenvalue weighted by molar-refractivity contribution is 0.0968. The number of hydrogen-bond donors (Lipinski definition) is 4. The summed E-state index contributed by atoms with van der Waals surface area (Å²) in [5, 5.41) is 16.4.